The zero-order chi connectivity index (χ0) is 22.0. The molecule has 1 aliphatic heterocycles. The predicted octanol–water partition coefficient (Wildman–Crippen LogP) is 4.17. The van der Waals surface area contributed by atoms with Crippen molar-refractivity contribution in [2.24, 2.45) is 0 Å². The van der Waals surface area contributed by atoms with Gasteiger partial charge in [0.1, 0.15) is 11.5 Å². The van der Waals surface area contributed by atoms with E-state index >= 15 is 0 Å². The molecule has 2 heterocycles. The molecule has 1 N–H and O–H groups in total. The summed E-state index contributed by atoms with van der Waals surface area (Å²) in [5, 5.41) is 13.9. The number of nitro benzene ring substituents is 1. The van der Waals surface area contributed by atoms with Gasteiger partial charge < -0.3 is 19.5 Å². The fraction of sp³-hybridized carbons (Fsp3) is 0.261. The SMILES string of the molecule is Cc1oc(-c2cccc([N+](=O)[O-])c2)cc1C(=O)Nc1ccc(N2CCN(C)CC2)cc1. The summed E-state index contributed by atoms with van der Waals surface area (Å²) in [6, 6.07) is 15.6. The minimum absolute atomic E-state index is 0.0296. The van der Waals surface area contributed by atoms with Gasteiger partial charge in [-0.25, -0.2) is 0 Å². The molecule has 0 unspecified atom stereocenters. The van der Waals surface area contributed by atoms with Crippen LogP contribution in [-0.2, 0) is 0 Å². The van der Waals surface area contributed by atoms with Crippen molar-refractivity contribution in [3.63, 3.8) is 0 Å². The number of carbonyl (C=O) groups excluding carboxylic acids is 1. The molecule has 0 aliphatic carbocycles. The van der Waals surface area contributed by atoms with E-state index in [1.165, 1.54) is 12.1 Å². The van der Waals surface area contributed by atoms with Gasteiger partial charge in [-0.2, -0.15) is 0 Å². The van der Waals surface area contributed by atoms with Crippen molar-refractivity contribution in [2.75, 3.05) is 43.4 Å². The van der Waals surface area contributed by atoms with Crippen LogP contribution in [0.2, 0.25) is 0 Å². The van der Waals surface area contributed by atoms with Gasteiger partial charge in [0.15, 0.2) is 0 Å². The monoisotopic (exact) mass is 420 g/mol. The highest BCUT2D eigenvalue weighted by Crippen LogP contribution is 2.29. The summed E-state index contributed by atoms with van der Waals surface area (Å²) < 4.78 is 5.71. The van der Waals surface area contributed by atoms with Gasteiger partial charge in [-0.3, -0.25) is 14.9 Å². The van der Waals surface area contributed by atoms with Crippen molar-refractivity contribution in [3.05, 3.63) is 76.0 Å². The summed E-state index contributed by atoms with van der Waals surface area (Å²) in [6.45, 7) is 5.73. The molecule has 3 aromatic rings. The molecule has 1 amide bonds. The van der Waals surface area contributed by atoms with Gasteiger partial charge in [0.2, 0.25) is 0 Å². The summed E-state index contributed by atoms with van der Waals surface area (Å²) in [7, 11) is 2.12. The first kappa shape index (κ1) is 20.6. The number of carbonyl (C=O) groups is 1. The molecular weight excluding hydrogens is 396 g/mol. The third-order valence-corrected chi connectivity index (χ3v) is 5.50. The second-order valence-electron chi connectivity index (χ2n) is 7.68. The fourth-order valence-corrected chi connectivity index (χ4v) is 3.64. The second-order valence-corrected chi connectivity index (χ2v) is 7.68. The number of non-ortho nitro benzene ring substituents is 1. The maximum atomic E-state index is 12.8. The van der Waals surface area contributed by atoms with Gasteiger partial charge in [-0.1, -0.05) is 12.1 Å². The molecule has 2 aromatic carbocycles. The molecule has 1 aliphatic rings. The molecule has 8 heteroatoms. The Balaban J connectivity index is 1.47. The van der Waals surface area contributed by atoms with Crippen molar-refractivity contribution >= 4 is 23.0 Å². The number of aryl methyl sites for hydroxylation is 1. The number of hydrogen-bond donors (Lipinski definition) is 1. The molecule has 0 radical (unpaired) electrons. The average molecular weight is 420 g/mol. The second kappa shape index (κ2) is 8.61. The first-order valence-electron chi connectivity index (χ1n) is 10.1. The Labute approximate surface area is 180 Å². The van der Waals surface area contributed by atoms with Crippen LogP contribution in [-0.4, -0.2) is 49.0 Å². The molecule has 160 valence electrons. The highest BCUT2D eigenvalue weighted by atomic mass is 16.6. The Kier molecular flexibility index (Phi) is 5.73. The van der Waals surface area contributed by atoms with Gasteiger partial charge >= 0.3 is 0 Å². The van der Waals surface area contributed by atoms with E-state index in [2.05, 4.69) is 22.2 Å². The minimum Gasteiger partial charge on any atom is -0.461 e. The Morgan fingerprint density at radius 3 is 2.45 bits per heavy atom. The largest absolute Gasteiger partial charge is 0.461 e. The van der Waals surface area contributed by atoms with Crippen molar-refractivity contribution in [1.82, 2.24) is 4.90 Å². The van der Waals surface area contributed by atoms with Crippen molar-refractivity contribution < 1.29 is 14.1 Å². The van der Waals surface area contributed by atoms with Gasteiger partial charge in [-0.15, -0.1) is 0 Å². The first-order chi connectivity index (χ1) is 14.9. The Hall–Kier alpha value is -3.65. The molecule has 1 fully saturated rings. The number of nitro groups is 1. The van der Waals surface area contributed by atoms with Gasteiger partial charge in [0.25, 0.3) is 11.6 Å². The zero-order valence-corrected chi connectivity index (χ0v) is 17.5. The van der Waals surface area contributed by atoms with E-state index in [1.54, 1.807) is 25.1 Å². The van der Waals surface area contributed by atoms with Gasteiger partial charge in [0, 0.05) is 55.2 Å². The van der Waals surface area contributed by atoms with E-state index in [1.807, 2.05) is 24.3 Å². The lowest BCUT2D eigenvalue weighted by molar-refractivity contribution is -0.384. The lowest BCUT2D eigenvalue weighted by Gasteiger charge is -2.34. The summed E-state index contributed by atoms with van der Waals surface area (Å²) >= 11 is 0. The van der Waals surface area contributed by atoms with Gasteiger partial charge in [-0.05, 0) is 44.3 Å². The van der Waals surface area contributed by atoms with Crippen LogP contribution in [0.25, 0.3) is 11.3 Å². The number of nitrogens with zero attached hydrogens (tertiary/aromatic N) is 3. The standard InChI is InChI=1S/C23H24N4O4/c1-16-21(15-22(31-16)17-4-3-5-20(14-17)27(29)30)23(28)24-18-6-8-19(9-7-18)26-12-10-25(2)11-13-26/h3-9,14-15H,10-13H2,1-2H3,(H,24,28). The molecule has 0 bridgehead atoms. The van der Waals surface area contributed by atoms with Gasteiger partial charge in [0.05, 0.1) is 10.5 Å². The van der Waals surface area contributed by atoms with Crippen LogP contribution < -0.4 is 10.2 Å². The van der Waals surface area contributed by atoms with Crippen LogP contribution >= 0.6 is 0 Å². The molecule has 0 atom stereocenters. The number of likely N-dealkylation sites (N-methyl/N-ethyl adjacent to an activating group) is 1. The maximum absolute atomic E-state index is 12.8. The quantitative estimate of drug-likeness (QED) is 0.492. The molecule has 31 heavy (non-hydrogen) atoms. The number of nitrogens with one attached hydrogen (secondary N) is 1. The predicted molar refractivity (Wildman–Crippen MR) is 120 cm³/mol. The smallest absolute Gasteiger partial charge is 0.270 e. The van der Waals surface area contributed by atoms with Crippen molar-refractivity contribution in [2.45, 2.75) is 6.92 Å². The van der Waals surface area contributed by atoms with E-state index < -0.39 is 4.92 Å². The zero-order valence-electron chi connectivity index (χ0n) is 17.5. The van der Waals surface area contributed by atoms with E-state index in [0.717, 1.165) is 31.9 Å². The molecule has 1 aromatic heterocycles. The Morgan fingerprint density at radius 2 is 1.77 bits per heavy atom. The number of benzene rings is 2. The van der Waals surface area contributed by atoms with E-state index in [4.69, 9.17) is 4.42 Å². The van der Waals surface area contributed by atoms with Crippen LogP contribution in [0, 0.1) is 17.0 Å². The van der Waals surface area contributed by atoms with Crippen molar-refractivity contribution in [1.29, 1.82) is 0 Å². The number of furan rings is 1. The number of hydrogen-bond acceptors (Lipinski definition) is 6. The first-order valence-corrected chi connectivity index (χ1v) is 10.1. The average Bonchev–Trinajstić information content (AvgIpc) is 3.17. The summed E-state index contributed by atoms with van der Waals surface area (Å²) in [6.07, 6.45) is 0. The fourth-order valence-electron chi connectivity index (χ4n) is 3.64. The molecule has 8 nitrogen and oxygen atoms in total. The molecular formula is C23H24N4O4. The highest BCUT2D eigenvalue weighted by Gasteiger charge is 2.18. The van der Waals surface area contributed by atoms with Crippen LogP contribution in [0.3, 0.4) is 0 Å². The van der Waals surface area contributed by atoms with E-state index in [-0.39, 0.29) is 11.6 Å². The third-order valence-electron chi connectivity index (χ3n) is 5.50. The van der Waals surface area contributed by atoms with E-state index in [0.29, 0.717) is 28.3 Å². The van der Waals surface area contributed by atoms with Crippen molar-refractivity contribution in [3.8, 4) is 11.3 Å². The number of piperazine rings is 1. The van der Waals surface area contributed by atoms with Crippen LogP contribution in [0.4, 0.5) is 17.1 Å². The van der Waals surface area contributed by atoms with E-state index in [9.17, 15) is 14.9 Å². The lowest BCUT2D eigenvalue weighted by atomic mass is 10.1. The normalized spacial score (nSPS) is 14.5. The highest BCUT2D eigenvalue weighted by molar-refractivity contribution is 6.05. The molecule has 0 saturated carbocycles. The number of rotatable bonds is 5. The summed E-state index contributed by atoms with van der Waals surface area (Å²) in [5.41, 5.74) is 2.74. The lowest BCUT2D eigenvalue weighted by Crippen LogP contribution is -2.44. The number of amides is 1. The summed E-state index contributed by atoms with van der Waals surface area (Å²) in [5.74, 6) is 0.579. The minimum atomic E-state index is -0.460. The van der Waals surface area contributed by atoms with Crippen LogP contribution in [0.5, 0.6) is 0 Å². The summed E-state index contributed by atoms with van der Waals surface area (Å²) in [4.78, 5) is 28.0. The maximum Gasteiger partial charge on any atom is 0.270 e. The number of anilines is 2. The van der Waals surface area contributed by atoms with Crippen LogP contribution in [0.1, 0.15) is 16.1 Å². The molecule has 1 saturated heterocycles. The molecule has 4 rings (SSSR count). The topological polar surface area (TPSA) is 91.9 Å². The van der Waals surface area contributed by atoms with Crippen LogP contribution in [0.15, 0.2) is 59.0 Å². The third kappa shape index (κ3) is 4.59. The Morgan fingerprint density at radius 1 is 1.06 bits per heavy atom. The Bertz CT molecular complexity index is 1100. The molecule has 0 spiro atoms.